The van der Waals surface area contributed by atoms with Crippen LogP contribution in [0.15, 0.2) is 36.4 Å². The van der Waals surface area contributed by atoms with Gasteiger partial charge in [0, 0.05) is 23.6 Å². The Bertz CT molecular complexity index is 821. The first-order valence-corrected chi connectivity index (χ1v) is 11.7. The average molecular weight is 459 g/mol. The lowest BCUT2D eigenvalue weighted by Crippen LogP contribution is -2.14. The molecule has 1 unspecified atom stereocenters. The van der Waals surface area contributed by atoms with Gasteiger partial charge in [-0.05, 0) is 24.1 Å². The summed E-state index contributed by atoms with van der Waals surface area (Å²) in [5.74, 6) is 1.99. The third kappa shape index (κ3) is 7.88. The Balaban J connectivity index is 2.24. The van der Waals surface area contributed by atoms with Crippen LogP contribution in [0.5, 0.6) is 23.0 Å². The molecule has 1 atom stereocenters. The molecule has 182 valence electrons. The van der Waals surface area contributed by atoms with Crippen molar-refractivity contribution in [3.8, 4) is 23.0 Å². The number of hydrogen-bond donors (Lipinski definition) is 0. The maximum absolute atomic E-state index is 12.8. The molecule has 2 aromatic rings. The van der Waals surface area contributed by atoms with Gasteiger partial charge in [0.1, 0.15) is 23.0 Å². The average Bonchev–Trinajstić information content (AvgIpc) is 2.86. The van der Waals surface area contributed by atoms with E-state index in [-0.39, 0.29) is 18.3 Å². The van der Waals surface area contributed by atoms with E-state index in [2.05, 4.69) is 6.92 Å². The van der Waals surface area contributed by atoms with Gasteiger partial charge in [0.15, 0.2) is 0 Å². The molecule has 6 heteroatoms. The third-order valence-electron chi connectivity index (χ3n) is 5.75. The first-order valence-electron chi connectivity index (χ1n) is 11.7. The summed E-state index contributed by atoms with van der Waals surface area (Å²) in [4.78, 5) is 12.8. The zero-order valence-electron chi connectivity index (χ0n) is 20.6. The van der Waals surface area contributed by atoms with Gasteiger partial charge in [-0.25, -0.2) is 0 Å². The van der Waals surface area contributed by atoms with Gasteiger partial charge in [-0.3, -0.25) is 4.79 Å². The van der Waals surface area contributed by atoms with E-state index < -0.39 is 0 Å². The van der Waals surface area contributed by atoms with Crippen LogP contribution in [-0.4, -0.2) is 41.0 Å². The number of rotatable bonds is 15. The smallest absolute Gasteiger partial charge is 0.306 e. The molecule has 0 spiro atoms. The summed E-state index contributed by atoms with van der Waals surface area (Å²) >= 11 is 0. The Kier molecular flexibility index (Phi) is 11.4. The molecule has 0 aliphatic carbocycles. The van der Waals surface area contributed by atoms with Crippen LogP contribution in [0.1, 0.15) is 68.9 Å². The summed E-state index contributed by atoms with van der Waals surface area (Å²) in [6.45, 7) is 2.64. The molecular formula is C27H38O6. The number of ether oxygens (including phenoxy) is 5. The lowest BCUT2D eigenvalue weighted by atomic mass is 9.87. The summed E-state index contributed by atoms with van der Waals surface area (Å²) in [6, 6.07) is 11.3. The van der Waals surface area contributed by atoms with Crippen molar-refractivity contribution in [2.45, 2.75) is 57.8 Å². The van der Waals surface area contributed by atoms with E-state index in [1.807, 2.05) is 24.3 Å². The van der Waals surface area contributed by atoms with Gasteiger partial charge in [0.05, 0.1) is 41.5 Å². The maximum Gasteiger partial charge on any atom is 0.306 e. The van der Waals surface area contributed by atoms with Crippen molar-refractivity contribution in [1.29, 1.82) is 0 Å². The van der Waals surface area contributed by atoms with E-state index in [0.717, 1.165) is 29.7 Å². The number of carbonyl (C=O) groups excluding carboxylic acids is 1. The van der Waals surface area contributed by atoms with E-state index >= 15 is 0 Å². The Hall–Kier alpha value is -2.89. The SMILES string of the molecule is CCCCCCCCOC(=O)CC(c1ccc(OC)cc1)c1c(OC)cc(OC)cc1OC. The molecule has 2 rings (SSSR count). The number of esters is 1. The van der Waals surface area contributed by atoms with E-state index in [0.29, 0.717) is 23.9 Å². The molecule has 0 N–H and O–H groups in total. The first-order chi connectivity index (χ1) is 16.1. The van der Waals surface area contributed by atoms with E-state index in [1.165, 1.54) is 25.7 Å². The molecule has 0 radical (unpaired) electrons. The van der Waals surface area contributed by atoms with Crippen molar-refractivity contribution in [2.24, 2.45) is 0 Å². The van der Waals surface area contributed by atoms with Crippen molar-refractivity contribution in [3.63, 3.8) is 0 Å². The van der Waals surface area contributed by atoms with Gasteiger partial charge in [0.2, 0.25) is 0 Å². The van der Waals surface area contributed by atoms with Crippen LogP contribution in [0, 0.1) is 0 Å². The molecule has 33 heavy (non-hydrogen) atoms. The van der Waals surface area contributed by atoms with Crippen molar-refractivity contribution in [3.05, 3.63) is 47.5 Å². The minimum atomic E-state index is -0.316. The predicted molar refractivity (Wildman–Crippen MR) is 130 cm³/mol. The fourth-order valence-electron chi connectivity index (χ4n) is 3.89. The molecule has 0 aromatic heterocycles. The summed E-state index contributed by atoms with van der Waals surface area (Å²) in [6.07, 6.45) is 7.03. The Morgan fingerprint density at radius 3 is 1.88 bits per heavy atom. The van der Waals surface area contributed by atoms with Crippen LogP contribution in [0.2, 0.25) is 0 Å². The minimum Gasteiger partial charge on any atom is -0.497 e. The van der Waals surface area contributed by atoms with Gasteiger partial charge in [-0.15, -0.1) is 0 Å². The van der Waals surface area contributed by atoms with Crippen LogP contribution in [0.3, 0.4) is 0 Å². The second-order valence-electron chi connectivity index (χ2n) is 7.96. The monoisotopic (exact) mass is 458 g/mol. The largest absolute Gasteiger partial charge is 0.497 e. The summed E-state index contributed by atoms with van der Waals surface area (Å²) < 4.78 is 27.6. The molecule has 0 bridgehead atoms. The quantitative estimate of drug-likeness (QED) is 0.236. The van der Waals surface area contributed by atoms with Crippen molar-refractivity contribution >= 4 is 5.97 Å². The van der Waals surface area contributed by atoms with E-state index in [1.54, 1.807) is 40.6 Å². The highest BCUT2D eigenvalue weighted by molar-refractivity contribution is 5.72. The van der Waals surface area contributed by atoms with Crippen molar-refractivity contribution in [2.75, 3.05) is 35.0 Å². The van der Waals surface area contributed by atoms with Gasteiger partial charge < -0.3 is 23.7 Å². The third-order valence-corrected chi connectivity index (χ3v) is 5.75. The van der Waals surface area contributed by atoms with Crippen LogP contribution < -0.4 is 18.9 Å². The van der Waals surface area contributed by atoms with E-state index in [9.17, 15) is 4.79 Å². The van der Waals surface area contributed by atoms with Crippen molar-refractivity contribution < 1.29 is 28.5 Å². The molecule has 0 fully saturated rings. The number of methoxy groups -OCH3 is 4. The second kappa shape index (κ2) is 14.3. The molecule has 0 aliphatic heterocycles. The Labute approximate surface area is 198 Å². The van der Waals surface area contributed by atoms with Crippen LogP contribution in [-0.2, 0) is 9.53 Å². The Morgan fingerprint density at radius 2 is 1.33 bits per heavy atom. The first kappa shape index (κ1) is 26.4. The molecule has 0 aliphatic rings. The van der Waals surface area contributed by atoms with Gasteiger partial charge in [-0.1, -0.05) is 51.2 Å². The summed E-state index contributed by atoms with van der Waals surface area (Å²) in [5.41, 5.74) is 1.72. The summed E-state index contributed by atoms with van der Waals surface area (Å²) in [5, 5.41) is 0. The molecule has 0 saturated heterocycles. The number of carbonyl (C=O) groups is 1. The van der Waals surface area contributed by atoms with Crippen molar-refractivity contribution in [1.82, 2.24) is 0 Å². The summed E-state index contributed by atoms with van der Waals surface area (Å²) in [7, 11) is 6.41. The second-order valence-corrected chi connectivity index (χ2v) is 7.96. The van der Waals surface area contributed by atoms with Gasteiger partial charge in [-0.2, -0.15) is 0 Å². The maximum atomic E-state index is 12.8. The standard InChI is InChI=1S/C27H38O6/c1-6-7-8-9-10-11-16-33-26(28)19-23(20-12-14-21(29-2)15-13-20)27-24(31-4)17-22(30-3)18-25(27)32-5/h12-15,17-18,23H,6-11,16,19H2,1-5H3. The van der Waals surface area contributed by atoms with E-state index in [4.69, 9.17) is 23.7 Å². The Morgan fingerprint density at radius 1 is 0.758 bits per heavy atom. The highest BCUT2D eigenvalue weighted by Gasteiger charge is 2.27. The number of unbranched alkanes of at least 4 members (excludes halogenated alkanes) is 5. The molecule has 0 saturated carbocycles. The van der Waals surface area contributed by atoms with Crippen LogP contribution in [0.25, 0.3) is 0 Å². The number of hydrogen-bond acceptors (Lipinski definition) is 6. The van der Waals surface area contributed by atoms with Gasteiger partial charge in [0.25, 0.3) is 0 Å². The molecule has 2 aromatic carbocycles. The predicted octanol–water partition coefficient (Wildman–Crippen LogP) is 6.15. The van der Waals surface area contributed by atoms with Gasteiger partial charge >= 0.3 is 5.97 Å². The topological polar surface area (TPSA) is 63.2 Å². The van der Waals surface area contributed by atoms with Crippen LogP contribution in [0.4, 0.5) is 0 Å². The normalized spacial score (nSPS) is 11.5. The molecule has 0 heterocycles. The number of benzene rings is 2. The molecule has 6 nitrogen and oxygen atoms in total. The molecular weight excluding hydrogens is 420 g/mol. The minimum absolute atomic E-state index is 0.168. The molecule has 0 amide bonds. The highest BCUT2D eigenvalue weighted by atomic mass is 16.5. The zero-order valence-corrected chi connectivity index (χ0v) is 20.6. The van der Waals surface area contributed by atoms with Crippen LogP contribution >= 0.6 is 0 Å². The highest BCUT2D eigenvalue weighted by Crippen LogP contribution is 2.43. The lowest BCUT2D eigenvalue weighted by molar-refractivity contribution is -0.144. The fourth-order valence-corrected chi connectivity index (χ4v) is 3.89. The fraction of sp³-hybridized carbons (Fsp3) is 0.519. The zero-order chi connectivity index (χ0) is 24.1. The lowest BCUT2D eigenvalue weighted by Gasteiger charge is -2.23.